The lowest BCUT2D eigenvalue weighted by Gasteiger charge is -2.15. The summed E-state index contributed by atoms with van der Waals surface area (Å²) in [6.07, 6.45) is -0.337. The zero-order valence-electron chi connectivity index (χ0n) is 10.0. The van der Waals surface area contributed by atoms with E-state index in [0.717, 1.165) is 16.4 Å². The molecule has 1 heterocycles. The highest BCUT2D eigenvalue weighted by Gasteiger charge is 2.25. The van der Waals surface area contributed by atoms with Gasteiger partial charge in [-0.15, -0.1) is 0 Å². The second kappa shape index (κ2) is 5.51. The van der Waals surface area contributed by atoms with Gasteiger partial charge in [0.2, 0.25) is 10.9 Å². The van der Waals surface area contributed by atoms with E-state index in [2.05, 4.69) is 0 Å². The number of rotatable bonds is 6. The highest BCUT2D eigenvalue weighted by molar-refractivity contribution is 7.89. The molecule has 0 radical (unpaired) electrons. The van der Waals surface area contributed by atoms with Crippen molar-refractivity contribution < 1.29 is 27.8 Å². The molecule has 0 aliphatic rings. The molecule has 8 heteroatoms. The van der Waals surface area contributed by atoms with Crippen molar-refractivity contribution in [2.24, 2.45) is 0 Å². The maximum absolute atomic E-state index is 11.9. The van der Waals surface area contributed by atoms with Crippen molar-refractivity contribution >= 4 is 16.0 Å². The van der Waals surface area contributed by atoms with Gasteiger partial charge >= 0.3 is 5.97 Å². The molecule has 0 amide bonds. The lowest BCUT2D eigenvalue weighted by Crippen LogP contribution is -2.29. The van der Waals surface area contributed by atoms with Gasteiger partial charge in [0.15, 0.2) is 0 Å². The molecule has 2 N–H and O–H groups in total. The highest BCUT2D eigenvalue weighted by atomic mass is 32.2. The number of carboxylic acid groups (broad SMARTS) is 1. The second-order valence-corrected chi connectivity index (χ2v) is 5.86. The third kappa shape index (κ3) is 3.31. The van der Waals surface area contributed by atoms with Gasteiger partial charge in [-0.05, 0) is 25.5 Å². The van der Waals surface area contributed by atoms with E-state index in [9.17, 15) is 13.2 Å². The minimum absolute atomic E-state index is 0.114. The Balaban J connectivity index is 2.87. The molecule has 0 aromatic carbocycles. The molecule has 0 spiro atoms. The van der Waals surface area contributed by atoms with Gasteiger partial charge in [-0.25, -0.2) is 13.2 Å². The molecule has 0 aliphatic heterocycles. The van der Waals surface area contributed by atoms with Crippen molar-refractivity contribution in [3.8, 4) is 0 Å². The van der Waals surface area contributed by atoms with E-state index in [1.165, 1.54) is 7.05 Å². The van der Waals surface area contributed by atoms with Gasteiger partial charge in [0.25, 0.3) is 10.0 Å². The molecule has 0 aliphatic carbocycles. The Morgan fingerprint density at radius 2 is 2.11 bits per heavy atom. The van der Waals surface area contributed by atoms with Crippen LogP contribution in [0.5, 0.6) is 0 Å². The van der Waals surface area contributed by atoms with E-state index in [4.69, 9.17) is 14.6 Å². The number of hydrogen-bond donors (Lipinski definition) is 2. The SMILES string of the molecule is CC(O)CCN(C)S(=O)(=O)c1ccc(C(=O)O)o1. The molecular formula is C10H15NO6S. The molecule has 18 heavy (non-hydrogen) atoms. The number of aliphatic hydroxyl groups excluding tert-OH is 1. The lowest BCUT2D eigenvalue weighted by atomic mass is 10.3. The summed E-state index contributed by atoms with van der Waals surface area (Å²) in [6.45, 7) is 1.67. The van der Waals surface area contributed by atoms with E-state index >= 15 is 0 Å². The zero-order chi connectivity index (χ0) is 13.9. The molecule has 0 saturated carbocycles. The summed E-state index contributed by atoms with van der Waals surface area (Å²) < 4.78 is 29.6. The molecule has 7 nitrogen and oxygen atoms in total. The number of hydrogen-bond acceptors (Lipinski definition) is 5. The van der Waals surface area contributed by atoms with Gasteiger partial charge in [0.1, 0.15) is 0 Å². The number of furan rings is 1. The van der Waals surface area contributed by atoms with Crippen LogP contribution in [-0.2, 0) is 10.0 Å². The van der Waals surface area contributed by atoms with Crippen LogP contribution in [0.25, 0.3) is 0 Å². The number of carboxylic acids is 1. The molecule has 0 fully saturated rings. The number of sulfonamides is 1. The van der Waals surface area contributed by atoms with Crippen LogP contribution in [0.1, 0.15) is 23.9 Å². The first kappa shape index (κ1) is 14.7. The molecule has 1 aromatic rings. The van der Waals surface area contributed by atoms with Crippen molar-refractivity contribution in [3.05, 3.63) is 17.9 Å². The molecule has 1 rings (SSSR count). The van der Waals surface area contributed by atoms with Crippen LogP contribution in [0.15, 0.2) is 21.6 Å². The Labute approximate surface area is 105 Å². The van der Waals surface area contributed by atoms with Crippen molar-refractivity contribution in [2.45, 2.75) is 24.5 Å². The van der Waals surface area contributed by atoms with Crippen molar-refractivity contribution in [3.63, 3.8) is 0 Å². The smallest absolute Gasteiger partial charge is 0.371 e. The van der Waals surface area contributed by atoms with Crippen LogP contribution >= 0.6 is 0 Å². The van der Waals surface area contributed by atoms with Gasteiger partial charge in [-0.3, -0.25) is 0 Å². The minimum Gasteiger partial charge on any atom is -0.475 e. The fraction of sp³-hybridized carbons (Fsp3) is 0.500. The predicted molar refractivity (Wildman–Crippen MR) is 61.8 cm³/mol. The van der Waals surface area contributed by atoms with Crippen molar-refractivity contribution in [2.75, 3.05) is 13.6 Å². The van der Waals surface area contributed by atoms with Gasteiger partial charge in [-0.1, -0.05) is 0 Å². The fourth-order valence-electron chi connectivity index (χ4n) is 1.22. The molecular weight excluding hydrogens is 262 g/mol. The lowest BCUT2D eigenvalue weighted by molar-refractivity contribution is 0.0656. The summed E-state index contributed by atoms with van der Waals surface area (Å²) in [5, 5.41) is 17.3. The summed E-state index contributed by atoms with van der Waals surface area (Å²) in [6, 6.07) is 2.18. The standard InChI is InChI=1S/C10H15NO6S/c1-7(12)5-6-11(2)18(15,16)9-4-3-8(17-9)10(13)14/h3-4,7,12H,5-6H2,1-2H3,(H,13,14). The van der Waals surface area contributed by atoms with Crippen LogP contribution in [0.4, 0.5) is 0 Å². The predicted octanol–water partition coefficient (Wildman–Crippen LogP) is 0.369. The third-order valence-corrected chi connectivity index (χ3v) is 4.05. The first-order valence-corrected chi connectivity index (χ1v) is 6.66. The molecule has 1 atom stereocenters. The van der Waals surface area contributed by atoms with E-state index in [1.807, 2.05) is 0 Å². The summed E-state index contributed by atoms with van der Waals surface area (Å²) in [5.41, 5.74) is 0. The maximum atomic E-state index is 11.9. The van der Waals surface area contributed by atoms with Gasteiger partial charge < -0.3 is 14.6 Å². The average Bonchev–Trinajstić information content (AvgIpc) is 2.75. The van der Waals surface area contributed by atoms with E-state index in [1.54, 1.807) is 6.92 Å². The number of nitrogens with zero attached hydrogens (tertiary/aromatic N) is 1. The Bertz CT molecular complexity index is 518. The van der Waals surface area contributed by atoms with E-state index < -0.39 is 32.9 Å². The van der Waals surface area contributed by atoms with Gasteiger partial charge in [0, 0.05) is 13.6 Å². The molecule has 1 aromatic heterocycles. The van der Waals surface area contributed by atoms with Gasteiger partial charge in [-0.2, -0.15) is 4.31 Å². The average molecular weight is 277 g/mol. The van der Waals surface area contributed by atoms with Crippen molar-refractivity contribution in [1.29, 1.82) is 0 Å². The topological polar surface area (TPSA) is 108 Å². The van der Waals surface area contributed by atoms with Crippen LogP contribution in [0, 0.1) is 0 Å². The Kier molecular flexibility index (Phi) is 4.49. The Hall–Kier alpha value is -1.38. The first-order chi connectivity index (χ1) is 8.25. The highest BCUT2D eigenvalue weighted by Crippen LogP contribution is 2.18. The quantitative estimate of drug-likeness (QED) is 0.777. The minimum atomic E-state index is -3.86. The Morgan fingerprint density at radius 3 is 2.56 bits per heavy atom. The number of aliphatic hydroxyl groups is 1. The van der Waals surface area contributed by atoms with Crippen LogP contribution in [0.3, 0.4) is 0 Å². The van der Waals surface area contributed by atoms with Crippen LogP contribution in [-0.4, -0.2) is 48.6 Å². The summed E-state index contributed by atoms with van der Waals surface area (Å²) in [5.74, 6) is -1.76. The normalized spacial score (nSPS) is 13.8. The number of carbonyl (C=O) groups is 1. The molecule has 0 bridgehead atoms. The second-order valence-electron chi connectivity index (χ2n) is 3.89. The van der Waals surface area contributed by atoms with Crippen molar-refractivity contribution in [1.82, 2.24) is 4.31 Å². The first-order valence-electron chi connectivity index (χ1n) is 5.22. The summed E-state index contributed by atoms with van der Waals surface area (Å²) in [7, 11) is -2.52. The van der Waals surface area contributed by atoms with E-state index in [0.29, 0.717) is 0 Å². The number of aromatic carboxylic acids is 1. The fourth-order valence-corrected chi connectivity index (χ4v) is 2.30. The summed E-state index contributed by atoms with van der Waals surface area (Å²) in [4.78, 5) is 10.6. The van der Waals surface area contributed by atoms with Gasteiger partial charge in [0.05, 0.1) is 6.10 Å². The maximum Gasteiger partial charge on any atom is 0.371 e. The Morgan fingerprint density at radius 1 is 1.50 bits per heavy atom. The molecule has 0 saturated heterocycles. The largest absolute Gasteiger partial charge is 0.475 e. The molecule has 102 valence electrons. The van der Waals surface area contributed by atoms with Crippen LogP contribution < -0.4 is 0 Å². The third-order valence-electron chi connectivity index (χ3n) is 2.32. The summed E-state index contributed by atoms with van der Waals surface area (Å²) >= 11 is 0. The molecule has 1 unspecified atom stereocenters. The van der Waals surface area contributed by atoms with Crippen LogP contribution in [0.2, 0.25) is 0 Å². The zero-order valence-corrected chi connectivity index (χ0v) is 10.8. The van der Waals surface area contributed by atoms with E-state index in [-0.39, 0.29) is 13.0 Å². The monoisotopic (exact) mass is 277 g/mol.